The molecule has 0 saturated heterocycles. The van der Waals surface area contributed by atoms with Crippen molar-refractivity contribution in [2.24, 2.45) is 5.92 Å². The zero-order valence-corrected chi connectivity index (χ0v) is 15.9. The minimum Gasteiger partial charge on any atom is -0.497 e. The molecule has 138 valence electrons. The largest absolute Gasteiger partial charge is 0.497 e. The van der Waals surface area contributed by atoms with Crippen molar-refractivity contribution in [3.05, 3.63) is 28.8 Å². The fraction of sp³-hybridized carbons (Fsp3) is 0.600. The normalized spacial score (nSPS) is 23.0. The van der Waals surface area contributed by atoms with E-state index in [1.54, 1.807) is 7.11 Å². The zero-order valence-electron chi connectivity index (χ0n) is 15.9. The topological polar surface area (TPSA) is 64.6 Å². The molecule has 1 aliphatic rings. The van der Waals surface area contributed by atoms with E-state index in [2.05, 4.69) is 12.2 Å². The van der Waals surface area contributed by atoms with E-state index >= 15 is 0 Å². The summed E-state index contributed by atoms with van der Waals surface area (Å²) in [5, 5.41) is 3.00. The number of amides is 1. The van der Waals surface area contributed by atoms with Gasteiger partial charge in [-0.25, -0.2) is 4.79 Å². The van der Waals surface area contributed by atoms with Gasteiger partial charge < -0.3 is 14.8 Å². The van der Waals surface area contributed by atoms with Crippen LogP contribution in [-0.2, 0) is 20.7 Å². The first-order chi connectivity index (χ1) is 11.8. The van der Waals surface area contributed by atoms with E-state index in [9.17, 15) is 9.59 Å². The summed E-state index contributed by atoms with van der Waals surface area (Å²) in [6.45, 7) is 6.05. The Kier molecular flexibility index (Phi) is 6.09. The van der Waals surface area contributed by atoms with Gasteiger partial charge in [0.2, 0.25) is 5.91 Å². The lowest BCUT2D eigenvalue weighted by atomic mass is 9.76. The van der Waals surface area contributed by atoms with Crippen molar-refractivity contribution in [3.63, 3.8) is 0 Å². The zero-order chi connectivity index (χ0) is 18.6. The molecule has 1 aromatic rings. The van der Waals surface area contributed by atoms with Crippen LogP contribution < -0.4 is 10.1 Å². The first-order valence-electron chi connectivity index (χ1n) is 8.85. The van der Waals surface area contributed by atoms with Crippen LogP contribution in [0, 0.1) is 19.8 Å². The van der Waals surface area contributed by atoms with Gasteiger partial charge >= 0.3 is 5.97 Å². The molecule has 1 aromatic carbocycles. The highest BCUT2D eigenvalue weighted by Gasteiger charge is 2.44. The van der Waals surface area contributed by atoms with E-state index in [0.717, 1.165) is 35.3 Å². The molecule has 0 bridgehead atoms. The van der Waals surface area contributed by atoms with Gasteiger partial charge in [0.15, 0.2) is 0 Å². The summed E-state index contributed by atoms with van der Waals surface area (Å²) in [6, 6.07) is 3.85. The number of carbonyl (C=O) groups excluding carboxylic acids is 2. The quantitative estimate of drug-likeness (QED) is 0.831. The Morgan fingerprint density at radius 2 is 1.88 bits per heavy atom. The number of hydrogen-bond acceptors (Lipinski definition) is 4. The standard InChI is InChI=1S/C20H29NO4/c1-13-7-6-8-20(12-13,19(23)25-5)21-18(22)11-17-14(2)9-16(24-4)10-15(17)3/h9-10,13H,6-8,11-12H2,1-5H3,(H,21,22). The average molecular weight is 347 g/mol. The highest BCUT2D eigenvalue weighted by molar-refractivity contribution is 5.89. The van der Waals surface area contributed by atoms with Gasteiger partial charge in [-0.3, -0.25) is 4.79 Å². The van der Waals surface area contributed by atoms with E-state index in [0.29, 0.717) is 18.8 Å². The van der Waals surface area contributed by atoms with Gasteiger partial charge in [0.05, 0.1) is 20.6 Å². The second-order valence-corrected chi connectivity index (χ2v) is 7.24. The van der Waals surface area contributed by atoms with Crippen LogP contribution in [0.5, 0.6) is 5.75 Å². The fourth-order valence-corrected chi connectivity index (χ4v) is 3.92. The molecule has 0 heterocycles. The van der Waals surface area contributed by atoms with Gasteiger partial charge in [-0.1, -0.05) is 19.8 Å². The predicted molar refractivity (Wildman–Crippen MR) is 96.7 cm³/mol. The van der Waals surface area contributed by atoms with E-state index in [1.807, 2.05) is 26.0 Å². The molecular formula is C20H29NO4. The van der Waals surface area contributed by atoms with E-state index < -0.39 is 5.54 Å². The molecule has 2 unspecified atom stereocenters. The molecule has 5 heteroatoms. The maximum Gasteiger partial charge on any atom is 0.331 e. The predicted octanol–water partition coefficient (Wildman–Crippen LogP) is 3.09. The third kappa shape index (κ3) is 4.33. The summed E-state index contributed by atoms with van der Waals surface area (Å²) >= 11 is 0. The SMILES string of the molecule is COC(=O)C1(NC(=O)Cc2c(C)cc(OC)cc2C)CCCC(C)C1. The highest BCUT2D eigenvalue weighted by Crippen LogP contribution is 2.33. The number of benzene rings is 1. The molecule has 1 aliphatic carbocycles. The number of esters is 1. The number of hydrogen-bond donors (Lipinski definition) is 1. The van der Waals surface area contributed by atoms with Gasteiger partial charge in [-0.15, -0.1) is 0 Å². The molecule has 0 radical (unpaired) electrons. The number of nitrogens with one attached hydrogen (secondary N) is 1. The summed E-state index contributed by atoms with van der Waals surface area (Å²) in [5.74, 6) is 0.690. The molecule has 1 N–H and O–H groups in total. The van der Waals surface area contributed by atoms with Crippen LogP contribution in [-0.4, -0.2) is 31.6 Å². The average Bonchev–Trinajstić information content (AvgIpc) is 2.57. The number of rotatable bonds is 5. The molecule has 0 spiro atoms. The Bertz CT molecular complexity index is 632. The fourth-order valence-electron chi connectivity index (χ4n) is 3.92. The van der Waals surface area contributed by atoms with Gasteiger partial charge in [0, 0.05) is 0 Å². The summed E-state index contributed by atoms with van der Waals surface area (Å²) in [7, 11) is 3.01. The lowest BCUT2D eigenvalue weighted by Gasteiger charge is -2.38. The second-order valence-electron chi connectivity index (χ2n) is 7.24. The van der Waals surface area contributed by atoms with Crippen molar-refractivity contribution in [1.29, 1.82) is 0 Å². The monoisotopic (exact) mass is 347 g/mol. The lowest BCUT2D eigenvalue weighted by Crippen LogP contribution is -2.57. The highest BCUT2D eigenvalue weighted by atomic mass is 16.5. The summed E-state index contributed by atoms with van der Waals surface area (Å²) < 4.78 is 10.3. The van der Waals surface area contributed by atoms with Crippen molar-refractivity contribution in [2.45, 2.75) is 58.4 Å². The molecule has 1 saturated carbocycles. The van der Waals surface area contributed by atoms with Crippen LogP contribution in [0.3, 0.4) is 0 Å². The molecule has 1 amide bonds. The molecule has 0 aliphatic heterocycles. The van der Waals surface area contributed by atoms with Crippen LogP contribution in [0.25, 0.3) is 0 Å². The number of methoxy groups -OCH3 is 2. The summed E-state index contributed by atoms with van der Waals surface area (Å²) in [4.78, 5) is 25.1. The summed E-state index contributed by atoms with van der Waals surface area (Å²) in [6.07, 6.45) is 3.50. The van der Waals surface area contributed by atoms with Crippen LogP contribution in [0.15, 0.2) is 12.1 Å². The summed E-state index contributed by atoms with van der Waals surface area (Å²) in [5.41, 5.74) is 2.10. The molecule has 1 fully saturated rings. The van der Waals surface area contributed by atoms with E-state index in [4.69, 9.17) is 9.47 Å². The second kappa shape index (κ2) is 7.89. The molecule has 5 nitrogen and oxygen atoms in total. The Balaban J connectivity index is 2.18. The van der Waals surface area contributed by atoms with E-state index in [-0.39, 0.29) is 18.3 Å². The Morgan fingerprint density at radius 3 is 2.40 bits per heavy atom. The smallest absolute Gasteiger partial charge is 0.331 e. The first-order valence-corrected chi connectivity index (χ1v) is 8.85. The molecule has 0 aromatic heterocycles. The van der Waals surface area contributed by atoms with Crippen LogP contribution >= 0.6 is 0 Å². The molecule has 25 heavy (non-hydrogen) atoms. The Morgan fingerprint density at radius 1 is 1.24 bits per heavy atom. The Labute approximate surface area is 150 Å². The van der Waals surface area contributed by atoms with Crippen molar-refractivity contribution in [3.8, 4) is 5.75 Å². The van der Waals surface area contributed by atoms with Crippen molar-refractivity contribution in [1.82, 2.24) is 5.32 Å². The van der Waals surface area contributed by atoms with Gasteiger partial charge in [0.1, 0.15) is 11.3 Å². The van der Waals surface area contributed by atoms with Crippen molar-refractivity contribution in [2.75, 3.05) is 14.2 Å². The molecule has 2 rings (SSSR count). The minimum absolute atomic E-state index is 0.143. The molecule has 2 atom stereocenters. The van der Waals surface area contributed by atoms with Crippen LogP contribution in [0.1, 0.15) is 49.3 Å². The van der Waals surface area contributed by atoms with Gasteiger partial charge in [-0.05, 0) is 61.4 Å². The third-order valence-electron chi connectivity index (χ3n) is 5.19. The van der Waals surface area contributed by atoms with Gasteiger partial charge in [-0.2, -0.15) is 0 Å². The minimum atomic E-state index is -0.891. The molecular weight excluding hydrogens is 318 g/mol. The number of ether oxygens (including phenoxy) is 2. The van der Waals surface area contributed by atoms with Crippen molar-refractivity contribution >= 4 is 11.9 Å². The maximum atomic E-state index is 12.7. The first kappa shape index (κ1) is 19.3. The Hall–Kier alpha value is -2.04. The lowest BCUT2D eigenvalue weighted by molar-refractivity contribution is -0.153. The van der Waals surface area contributed by atoms with Gasteiger partial charge in [0.25, 0.3) is 0 Å². The van der Waals surface area contributed by atoms with Crippen LogP contribution in [0.4, 0.5) is 0 Å². The maximum absolute atomic E-state index is 12.7. The number of aryl methyl sites for hydroxylation is 2. The van der Waals surface area contributed by atoms with Crippen molar-refractivity contribution < 1.29 is 19.1 Å². The third-order valence-corrected chi connectivity index (χ3v) is 5.19. The number of carbonyl (C=O) groups is 2. The van der Waals surface area contributed by atoms with E-state index in [1.165, 1.54) is 7.11 Å². The van der Waals surface area contributed by atoms with Crippen LogP contribution in [0.2, 0.25) is 0 Å².